The van der Waals surface area contributed by atoms with Crippen LogP contribution in [0.25, 0.3) is 0 Å². The topological polar surface area (TPSA) is 49.4 Å². The summed E-state index contributed by atoms with van der Waals surface area (Å²) in [6, 6.07) is 13.8. The van der Waals surface area contributed by atoms with Crippen LogP contribution in [-0.4, -0.2) is 36.2 Å². The highest BCUT2D eigenvalue weighted by Gasteiger charge is 2.26. The van der Waals surface area contributed by atoms with Gasteiger partial charge >= 0.3 is 0 Å². The second-order valence-corrected chi connectivity index (χ2v) is 6.81. The number of halogens is 1. The average Bonchev–Trinajstić information content (AvgIpc) is 2.64. The van der Waals surface area contributed by atoms with Crippen LogP contribution >= 0.6 is 0 Å². The number of hydrogen-bond donors (Lipinski definition) is 1. The molecule has 1 aliphatic rings. The van der Waals surface area contributed by atoms with E-state index in [0.29, 0.717) is 13.1 Å². The molecule has 1 aliphatic heterocycles. The molecule has 0 unspecified atom stereocenters. The Morgan fingerprint density at radius 3 is 2.38 bits per heavy atom. The quantitative estimate of drug-likeness (QED) is 0.834. The molecule has 4 nitrogen and oxygen atoms in total. The van der Waals surface area contributed by atoms with E-state index in [2.05, 4.69) is 5.32 Å². The molecule has 26 heavy (non-hydrogen) atoms. The molecule has 0 spiro atoms. The average molecular weight is 354 g/mol. The van der Waals surface area contributed by atoms with Crippen molar-refractivity contribution in [3.05, 3.63) is 65.5 Å². The summed E-state index contributed by atoms with van der Waals surface area (Å²) in [7, 11) is 0. The van der Waals surface area contributed by atoms with Crippen molar-refractivity contribution < 1.29 is 14.0 Å². The Labute approximate surface area is 153 Å². The minimum Gasteiger partial charge on any atom is -0.322 e. The smallest absolute Gasteiger partial charge is 0.238 e. The third kappa shape index (κ3) is 4.55. The van der Waals surface area contributed by atoms with E-state index in [1.807, 2.05) is 36.1 Å². The summed E-state index contributed by atoms with van der Waals surface area (Å²) in [5.41, 5.74) is 2.09. The number of nitrogens with zero attached hydrogens (tertiary/aromatic N) is 1. The molecule has 1 N–H and O–H groups in total. The van der Waals surface area contributed by atoms with Crippen molar-refractivity contribution in [1.29, 1.82) is 0 Å². The Morgan fingerprint density at radius 2 is 1.73 bits per heavy atom. The number of carbonyl (C=O) groups excluding carboxylic acids is 2. The molecule has 136 valence electrons. The molecule has 1 amide bonds. The lowest BCUT2D eigenvalue weighted by molar-refractivity contribution is -0.117. The highest BCUT2D eigenvalue weighted by molar-refractivity contribution is 5.98. The molecular weight excluding hydrogens is 331 g/mol. The highest BCUT2D eigenvalue weighted by Crippen LogP contribution is 2.22. The number of likely N-dealkylation sites (tertiary alicyclic amines) is 1. The van der Waals surface area contributed by atoms with Gasteiger partial charge in [0.2, 0.25) is 5.91 Å². The van der Waals surface area contributed by atoms with Crippen LogP contribution in [0.2, 0.25) is 0 Å². The lowest BCUT2D eigenvalue weighted by Crippen LogP contribution is -2.40. The van der Waals surface area contributed by atoms with E-state index in [1.54, 1.807) is 18.2 Å². The molecular formula is C21H23FN2O2. The van der Waals surface area contributed by atoms with Crippen LogP contribution in [0.5, 0.6) is 0 Å². The van der Waals surface area contributed by atoms with Gasteiger partial charge in [-0.15, -0.1) is 0 Å². The van der Waals surface area contributed by atoms with Gasteiger partial charge in [-0.1, -0.05) is 42.0 Å². The Bertz CT molecular complexity index is 781. The van der Waals surface area contributed by atoms with Gasteiger partial charge in [-0.05, 0) is 45.0 Å². The maximum atomic E-state index is 13.6. The summed E-state index contributed by atoms with van der Waals surface area (Å²) < 4.78 is 13.6. The molecule has 1 saturated heterocycles. The summed E-state index contributed by atoms with van der Waals surface area (Å²) in [4.78, 5) is 26.7. The van der Waals surface area contributed by atoms with Crippen LogP contribution in [0.3, 0.4) is 0 Å². The summed E-state index contributed by atoms with van der Waals surface area (Å²) >= 11 is 0. The summed E-state index contributed by atoms with van der Waals surface area (Å²) in [6.45, 7) is 3.58. The van der Waals surface area contributed by atoms with E-state index in [4.69, 9.17) is 0 Å². The van der Waals surface area contributed by atoms with Gasteiger partial charge in [-0.25, -0.2) is 4.39 Å². The van der Waals surface area contributed by atoms with Crippen LogP contribution < -0.4 is 5.32 Å². The number of carbonyl (C=O) groups is 2. The number of rotatable bonds is 5. The molecule has 0 aliphatic carbocycles. The number of benzene rings is 2. The largest absolute Gasteiger partial charge is 0.322 e. The number of piperidine rings is 1. The molecule has 0 saturated carbocycles. The second kappa shape index (κ2) is 8.23. The van der Waals surface area contributed by atoms with Crippen molar-refractivity contribution in [2.75, 3.05) is 25.0 Å². The number of nitrogens with one attached hydrogen (secondary N) is 1. The molecule has 0 bridgehead atoms. The Morgan fingerprint density at radius 1 is 1.08 bits per heavy atom. The zero-order chi connectivity index (χ0) is 18.5. The minimum absolute atomic E-state index is 0.00332. The van der Waals surface area contributed by atoms with Gasteiger partial charge in [0, 0.05) is 11.5 Å². The zero-order valence-corrected chi connectivity index (χ0v) is 14.9. The summed E-state index contributed by atoms with van der Waals surface area (Å²) in [6.07, 6.45) is 1.47. The van der Waals surface area contributed by atoms with Gasteiger partial charge in [0.1, 0.15) is 5.82 Å². The lowest BCUT2D eigenvalue weighted by atomic mass is 9.88. The molecule has 3 rings (SSSR count). The van der Waals surface area contributed by atoms with E-state index in [-0.39, 0.29) is 29.8 Å². The molecule has 2 aromatic carbocycles. The minimum atomic E-state index is -0.441. The van der Waals surface area contributed by atoms with Crippen LogP contribution in [0.15, 0.2) is 48.5 Å². The Kier molecular flexibility index (Phi) is 5.78. The first-order valence-electron chi connectivity index (χ1n) is 8.90. The van der Waals surface area contributed by atoms with E-state index in [9.17, 15) is 14.0 Å². The highest BCUT2D eigenvalue weighted by atomic mass is 19.1. The predicted octanol–water partition coefficient (Wildman–Crippen LogP) is 3.67. The summed E-state index contributed by atoms with van der Waals surface area (Å²) in [5, 5.41) is 2.60. The molecule has 0 aromatic heterocycles. The fourth-order valence-corrected chi connectivity index (χ4v) is 3.26. The van der Waals surface area contributed by atoms with Gasteiger partial charge in [0.15, 0.2) is 5.78 Å². The molecule has 1 fully saturated rings. The molecule has 0 atom stereocenters. The number of para-hydroxylation sites is 1. The van der Waals surface area contributed by atoms with Crippen molar-refractivity contribution in [3.8, 4) is 0 Å². The predicted molar refractivity (Wildman–Crippen MR) is 99.7 cm³/mol. The fourth-order valence-electron chi connectivity index (χ4n) is 3.26. The fraction of sp³-hybridized carbons (Fsp3) is 0.333. The van der Waals surface area contributed by atoms with Crippen molar-refractivity contribution in [2.24, 2.45) is 5.92 Å². The van der Waals surface area contributed by atoms with Crippen molar-refractivity contribution in [1.82, 2.24) is 4.90 Å². The maximum absolute atomic E-state index is 13.6. The van der Waals surface area contributed by atoms with E-state index in [0.717, 1.165) is 24.0 Å². The zero-order valence-electron chi connectivity index (χ0n) is 14.9. The first-order valence-corrected chi connectivity index (χ1v) is 8.90. The number of ketones is 1. The van der Waals surface area contributed by atoms with Crippen molar-refractivity contribution >= 4 is 17.4 Å². The number of aryl methyl sites for hydroxylation is 1. The van der Waals surface area contributed by atoms with Gasteiger partial charge in [0.05, 0.1) is 12.2 Å². The maximum Gasteiger partial charge on any atom is 0.238 e. The standard InChI is InChI=1S/C21H23FN2O2/c1-15-6-8-16(9-7-15)21(26)17-10-12-24(13-11-17)14-20(25)23-19-5-3-2-4-18(19)22/h2-9,17H,10-14H2,1H3,(H,23,25). The SMILES string of the molecule is Cc1ccc(C(=O)C2CCN(CC(=O)Nc3ccccc3F)CC2)cc1. The first kappa shape index (κ1) is 18.3. The Balaban J connectivity index is 1.49. The van der Waals surface area contributed by atoms with Crippen molar-refractivity contribution in [2.45, 2.75) is 19.8 Å². The number of anilines is 1. The molecule has 5 heteroatoms. The number of amides is 1. The van der Waals surface area contributed by atoms with Crippen LogP contribution in [0.4, 0.5) is 10.1 Å². The second-order valence-electron chi connectivity index (χ2n) is 6.81. The molecule has 1 heterocycles. The molecule has 0 radical (unpaired) electrons. The van der Waals surface area contributed by atoms with Crippen molar-refractivity contribution in [3.63, 3.8) is 0 Å². The summed E-state index contributed by atoms with van der Waals surface area (Å²) in [5.74, 6) is -0.495. The van der Waals surface area contributed by atoms with Gasteiger partial charge in [-0.3, -0.25) is 14.5 Å². The van der Waals surface area contributed by atoms with Crippen LogP contribution in [0.1, 0.15) is 28.8 Å². The third-order valence-electron chi connectivity index (χ3n) is 4.81. The third-order valence-corrected chi connectivity index (χ3v) is 4.81. The van der Waals surface area contributed by atoms with E-state index in [1.165, 1.54) is 6.07 Å². The number of hydrogen-bond acceptors (Lipinski definition) is 3. The normalized spacial score (nSPS) is 15.6. The van der Waals surface area contributed by atoms with Gasteiger partial charge in [0.25, 0.3) is 0 Å². The van der Waals surface area contributed by atoms with Crippen LogP contribution in [0, 0.1) is 18.7 Å². The van der Waals surface area contributed by atoms with Gasteiger partial charge in [-0.2, -0.15) is 0 Å². The van der Waals surface area contributed by atoms with E-state index < -0.39 is 5.82 Å². The molecule has 2 aromatic rings. The Hall–Kier alpha value is -2.53. The van der Waals surface area contributed by atoms with E-state index >= 15 is 0 Å². The monoisotopic (exact) mass is 354 g/mol. The number of Topliss-reactive ketones (excluding diaryl/α,β-unsaturated/α-hetero) is 1. The lowest BCUT2D eigenvalue weighted by Gasteiger charge is -2.30. The van der Waals surface area contributed by atoms with Crippen LogP contribution in [-0.2, 0) is 4.79 Å². The van der Waals surface area contributed by atoms with Gasteiger partial charge < -0.3 is 5.32 Å². The first-order chi connectivity index (χ1) is 12.5.